The van der Waals surface area contributed by atoms with Crippen LogP contribution < -0.4 is 10.9 Å². The molecule has 0 saturated heterocycles. The maximum atomic E-state index is 12.9. The van der Waals surface area contributed by atoms with Crippen LogP contribution in [0, 0.1) is 0 Å². The van der Waals surface area contributed by atoms with Gasteiger partial charge in [-0.3, -0.25) is 9.59 Å². The molecular weight excluding hydrogens is 366 g/mol. The van der Waals surface area contributed by atoms with Crippen molar-refractivity contribution < 1.29 is 9.53 Å². The van der Waals surface area contributed by atoms with Crippen molar-refractivity contribution in [1.82, 2.24) is 9.78 Å². The van der Waals surface area contributed by atoms with E-state index in [4.69, 9.17) is 4.74 Å². The summed E-state index contributed by atoms with van der Waals surface area (Å²) in [4.78, 5) is 25.2. The van der Waals surface area contributed by atoms with E-state index >= 15 is 0 Å². The predicted molar refractivity (Wildman–Crippen MR) is 113 cm³/mol. The van der Waals surface area contributed by atoms with E-state index in [9.17, 15) is 9.59 Å². The normalized spacial score (nSPS) is 14.8. The third kappa shape index (κ3) is 4.38. The van der Waals surface area contributed by atoms with E-state index in [1.165, 1.54) is 23.9 Å². The van der Waals surface area contributed by atoms with E-state index < -0.39 is 0 Å². The summed E-state index contributed by atoms with van der Waals surface area (Å²) >= 11 is 0. The Labute approximate surface area is 169 Å². The first-order valence-electron chi connectivity index (χ1n) is 10.1. The number of nitrogens with zero attached hydrogens (tertiary/aromatic N) is 2. The molecule has 1 aromatic heterocycles. The number of carbonyl (C=O) groups excluding carboxylic acids is 1. The Morgan fingerprint density at radius 1 is 1.10 bits per heavy atom. The van der Waals surface area contributed by atoms with Gasteiger partial charge < -0.3 is 10.1 Å². The maximum Gasteiger partial charge on any atom is 0.276 e. The van der Waals surface area contributed by atoms with Crippen LogP contribution in [0.5, 0.6) is 0 Å². The molecule has 3 aromatic rings. The second kappa shape index (κ2) is 8.57. The summed E-state index contributed by atoms with van der Waals surface area (Å²) in [6, 6.07) is 14.7. The second-order valence-corrected chi connectivity index (χ2v) is 7.55. The fourth-order valence-electron chi connectivity index (χ4n) is 3.84. The van der Waals surface area contributed by atoms with Crippen LogP contribution in [-0.2, 0) is 18.4 Å². The van der Waals surface area contributed by atoms with Crippen molar-refractivity contribution in [3.8, 4) is 0 Å². The van der Waals surface area contributed by atoms with Crippen molar-refractivity contribution >= 4 is 22.4 Å². The van der Waals surface area contributed by atoms with Crippen molar-refractivity contribution in [2.45, 2.75) is 44.8 Å². The van der Waals surface area contributed by atoms with Crippen LogP contribution in [0.1, 0.15) is 48.2 Å². The number of benzene rings is 2. The molecule has 0 unspecified atom stereocenters. The first-order valence-corrected chi connectivity index (χ1v) is 10.1. The molecule has 6 heteroatoms. The minimum absolute atomic E-state index is 0.223. The highest BCUT2D eigenvalue weighted by Gasteiger charge is 2.16. The van der Waals surface area contributed by atoms with E-state index in [1.54, 1.807) is 31.3 Å². The lowest BCUT2D eigenvalue weighted by Gasteiger charge is -2.22. The Morgan fingerprint density at radius 2 is 1.86 bits per heavy atom. The summed E-state index contributed by atoms with van der Waals surface area (Å²) in [7, 11) is 1.55. The predicted octanol–water partition coefficient (Wildman–Crippen LogP) is 4.04. The van der Waals surface area contributed by atoms with Crippen LogP contribution in [0.25, 0.3) is 10.8 Å². The molecule has 0 aliphatic heterocycles. The highest BCUT2D eigenvalue weighted by atomic mass is 16.5. The van der Waals surface area contributed by atoms with Gasteiger partial charge >= 0.3 is 0 Å². The first-order chi connectivity index (χ1) is 14.1. The summed E-state index contributed by atoms with van der Waals surface area (Å²) in [5.74, 6) is -0.345. The molecule has 1 fully saturated rings. The van der Waals surface area contributed by atoms with Gasteiger partial charge in [-0.2, -0.15) is 5.10 Å². The third-order valence-corrected chi connectivity index (χ3v) is 5.39. The summed E-state index contributed by atoms with van der Waals surface area (Å²) in [6.07, 6.45) is 6.37. The molecule has 0 spiro atoms. The molecule has 4 rings (SSSR count). The third-order valence-electron chi connectivity index (χ3n) is 5.39. The molecule has 29 heavy (non-hydrogen) atoms. The number of amides is 1. The zero-order valence-electron chi connectivity index (χ0n) is 16.6. The number of aryl methyl sites for hydroxylation is 1. The van der Waals surface area contributed by atoms with Gasteiger partial charge in [-0.05, 0) is 36.6 Å². The van der Waals surface area contributed by atoms with Gasteiger partial charge in [-0.1, -0.05) is 49.6 Å². The lowest BCUT2D eigenvalue weighted by atomic mass is 9.98. The Kier molecular flexibility index (Phi) is 5.71. The summed E-state index contributed by atoms with van der Waals surface area (Å²) < 4.78 is 7.24. The summed E-state index contributed by atoms with van der Waals surface area (Å²) in [5, 5.41) is 8.11. The fourth-order valence-corrected chi connectivity index (χ4v) is 3.84. The number of aromatic nitrogens is 2. The van der Waals surface area contributed by atoms with Crippen molar-refractivity contribution in [3.05, 3.63) is 70.1 Å². The Morgan fingerprint density at radius 3 is 2.66 bits per heavy atom. The molecule has 1 heterocycles. The van der Waals surface area contributed by atoms with Crippen LogP contribution in [0.3, 0.4) is 0 Å². The highest BCUT2D eigenvalue weighted by molar-refractivity contribution is 6.11. The number of anilines is 1. The van der Waals surface area contributed by atoms with Gasteiger partial charge in [-0.15, -0.1) is 0 Å². The lowest BCUT2D eigenvalue weighted by molar-refractivity contribution is 0.0169. The van der Waals surface area contributed by atoms with E-state index in [2.05, 4.69) is 10.4 Å². The van der Waals surface area contributed by atoms with Crippen LogP contribution in [0.2, 0.25) is 0 Å². The Balaban J connectivity index is 1.51. The van der Waals surface area contributed by atoms with E-state index in [0.717, 1.165) is 18.4 Å². The number of nitrogens with one attached hydrogen (secondary N) is 1. The Bertz CT molecular complexity index is 1080. The zero-order chi connectivity index (χ0) is 20.2. The monoisotopic (exact) mass is 391 g/mol. The molecule has 1 aliphatic rings. The molecule has 150 valence electrons. The van der Waals surface area contributed by atoms with Gasteiger partial charge in [0.2, 0.25) is 0 Å². The van der Waals surface area contributed by atoms with Gasteiger partial charge in [0, 0.05) is 18.1 Å². The van der Waals surface area contributed by atoms with E-state index in [-0.39, 0.29) is 17.2 Å². The average Bonchev–Trinajstić information content (AvgIpc) is 2.76. The quantitative estimate of drug-likeness (QED) is 0.713. The van der Waals surface area contributed by atoms with Crippen molar-refractivity contribution in [2.24, 2.45) is 7.05 Å². The van der Waals surface area contributed by atoms with Gasteiger partial charge in [0.15, 0.2) is 5.69 Å². The fraction of sp³-hybridized carbons (Fsp3) is 0.348. The van der Waals surface area contributed by atoms with Crippen LogP contribution in [0.15, 0.2) is 53.3 Å². The number of hydrogen-bond donors (Lipinski definition) is 1. The molecule has 1 N–H and O–H groups in total. The molecule has 1 saturated carbocycles. The molecule has 1 aliphatic carbocycles. The van der Waals surface area contributed by atoms with E-state index in [1.807, 2.05) is 24.3 Å². The molecule has 1 amide bonds. The molecule has 0 atom stereocenters. The van der Waals surface area contributed by atoms with Crippen LogP contribution in [0.4, 0.5) is 5.69 Å². The number of rotatable bonds is 5. The SMILES string of the molecule is Cn1nc(C(=O)Nc2cccc(COC3CCCCC3)c2)c2ccccc2c1=O. The molecule has 0 bridgehead atoms. The highest BCUT2D eigenvalue weighted by Crippen LogP contribution is 2.22. The number of hydrogen-bond acceptors (Lipinski definition) is 4. The summed E-state index contributed by atoms with van der Waals surface area (Å²) in [5.41, 5.74) is 1.71. The minimum Gasteiger partial charge on any atom is -0.374 e. The molecular formula is C23H25N3O3. The first kappa shape index (κ1) is 19.3. The number of carbonyl (C=O) groups is 1. The van der Waals surface area contributed by atoms with Crippen molar-refractivity contribution in [1.29, 1.82) is 0 Å². The smallest absolute Gasteiger partial charge is 0.276 e. The zero-order valence-corrected chi connectivity index (χ0v) is 16.6. The number of fused-ring (bicyclic) bond motifs is 1. The Hall–Kier alpha value is -2.99. The molecule has 6 nitrogen and oxygen atoms in total. The largest absolute Gasteiger partial charge is 0.374 e. The number of ether oxygens (including phenoxy) is 1. The maximum absolute atomic E-state index is 12.9. The minimum atomic E-state index is -0.345. The van der Waals surface area contributed by atoms with Crippen LogP contribution in [-0.4, -0.2) is 21.8 Å². The second-order valence-electron chi connectivity index (χ2n) is 7.55. The van der Waals surface area contributed by atoms with Crippen LogP contribution >= 0.6 is 0 Å². The topological polar surface area (TPSA) is 73.2 Å². The van der Waals surface area contributed by atoms with Gasteiger partial charge in [-0.25, -0.2) is 4.68 Å². The van der Waals surface area contributed by atoms with Gasteiger partial charge in [0.05, 0.1) is 18.1 Å². The summed E-state index contributed by atoms with van der Waals surface area (Å²) in [6.45, 7) is 0.537. The standard InChI is InChI=1S/C23H25N3O3/c1-26-23(28)20-13-6-5-12-19(20)21(25-26)22(27)24-17-9-7-8-16(14-17)15-29-18-10-3-2-4-11-18/h5-9,12-14,18H,2-4,10-11,15H2,1H3,(H,24,27). The van der Waals surface area contributed by atoms with Crippen molar-refractivity contribution in [3.63, 3.8) is 0 Å². The van der Waals surface area contributed by atoms with E-state index in [0.29, 0.717) is 29.2 Å². The van der Waals surface area contributed by atoms with Gasteiger partial charge in [0.25, 0.3) is 11.5 Å². The average molecular weight is 391 g/mol. The molecule has 0 radical (unpaired) electrons. The lowest BCUT2D eigenvalue weighted by Crippen LogP contribution is -2.25. The molecule has 2 aromatic carbocycles. The van der Waals surface area contributed by atoms with Crippen molar-refractivity contribution in [2.75, 3.05) is 5.32 Å². The van der Waals surface area contributed by atoms with Gasteiger partial charge in [0.1, 0.15) is 0 Å².